The fourth-order valence-corrected chi connectivity index (χ4v) is 4.59. The highest BCUT2D eigenvalue weighted by molar-refractivity contribution is 5.48. The van der Waals surface area contributed by atoms with Crippen molar-refractivity contribution in [2.24, 2.45) is 5.41 Å². The maximum atomic E-state index is 9.88. The van der Waals surface area contributed by atoms with Crippen molar-refractivity contribution in [1.82, 2.24) is 0 Å². The van der Waals surface area contributed by atoms with Gasteiger partial charge in [-0.1, -0.05) is 43.4 Å². The average molecular weight is 283 g/mol. The maximum absolute atomic E-state index is 9.88. The summed E-state index contributed by atoms with van der Waals surface area (Å²) >= 11 is 0. The van der Waals surface area contributed by atoms with E-state index in [-0.39, 0.29) is 5.41 Å². The van der Waals surface area contributed by atoms with Gasteiger partial charge >= 0.3 is 0 Å². The molecule has 0 unspecified atom stereocenters. The molecular formula is C19H25NO. The van der Waals surface area contributed by atoms with Gasteiger partial charge in [-0.25, -0.2) is 0 Å². The molecule has 2 heteroatoms. The second-order valence-corrected chi connectivity index (χ2v) is 7.17. The molecule has 0 heterocycles. The number of hydrogen-bond donors (Lipinski definition) is 0. The molecule has 0 atom stereocenters. The quantitative estimate of drug-likeness (QED) is 0.773. The molecule has 1 aromatic carbocycles. The van der Waals surface area contributed by atoms with Crippen LogP contribution in [0.1, 0.15) is 62.5 Å². The van der Waals surface area contributed by atoms with Gasteiger partial charge < -0.3 is 4.74 Å². The number of methoxy groups -OCH3 is 1. The average Bonchev–Trinajstić information content (AvgIpc) is 2.71. The zero-order valence-electron chi connectivity index (χ0n) is 13.2. The van der Waals surface area contributed by atoms with Crippen LogP contribution in [0.5, 0.6) is 5.75 Å². The Balaban J connectivity index is 1.91. The fraction of sp³-hybridized carbons (Fsp3) is 0.632. The summed E-state index contributed by atoms with van der Waals surface area (Å²) in [7, 11) is 1.71. The normalized spacial score (nSPS) is 22.9. The van der Waals surface area contributed by atoms with Crippen LogP contribution in [-0.4, -0.2) is 7.11 Å². The number of hydrogen-bond acceptors (Lipinski definition) is 2. The van der Waals surface area contributed by atoms with Crippen molar-refractivity contribution < 1.29 is 4.74 Å². The van der Waals surface area contributed by atoms with Crippen molar-refractivity contribution in [3.63, 3.8) is 0 Å². The first-order chi connectivity index (χ1) is 10.1. The zero-order valence-corrected chi connectivity index (χ0v) is 13.2. The van der Waals surface area contributed by atoms with Gasteiger partial charge in [-0.15, -0.1) is 0 Å². The highest BCUT2D eigenvalue weighted by Gasteiger charge is 2.56. The van der Waals surface area contributed by atoms with E-state index in [1.807, 2.05) is 6.07 Å². The Morgan fingerprint density at radius 3 is 2.33 bits per heavy atom. The smallest absolute Gasteiger partial charge is 0.123 e. The second kappa shape index (κ2) is 5.37. The predicted molar refractivity (Wildman–Crippen MR) is 84.4 cm³/mol. The lowest BCUT2D eigenvalue weighted by Gasteiger charge is -2.53. The van der Waals surface area contributed by atoms with Crippen molar-refractivity contribution in [3.8, 4) is 11.8 Å². The Morgan fingerprint density at radius 1 is 1.10 bits per heavy atom. The summed E-state index contributed by atoms with van der Waals surface area (Å²) in [6.07, 6.45) is 10.1. The molecule has 0 aliphatic heterocycles. The lowest BCUT2D eigenvalue weighted by Crippen LogP contribution is -2.48. The number of ether oxygens (including phenoxy) is 1. The Hall–Kier alpha value is -1.49. The SMILES string of the molecule is COc1ccc(C)cc1C1(C#N)CC2(CCCCCC2)C1. The highest BCUT2D eigenvalue weighted by Crippen LogP contribution is 2.62. The van der Waals surface area contributed by atoms with E-state index in [9.17, 15) is 5.26 Å². The van der Waals surface area contributed by atoms with E-state index in [2.05, 4.69) is 25.1 Å². The van der Waals surface area contributed by atoms with Gasteiger partial charge in [0.25, 0.3) is 0 Å². The number of benzene rings is 1. The van der Waals surface area contributed by atoms with Crippen LogP contribution in [0.15, 0.2) is 18.2 Å². The van der Waals surface area contributed by atoms with E-state index in [0.717, 1.165) is 24.2 Å². The monoisotopic (exact) mass is 283 g/mol. The summed E-state index contributed by atoms with van der Waals surface area (Å²) in [4.78, 5) is 0. The molecule has 0 radical (unpaired) electrons. The minimum absolute atomic E-state index is 0.318. The van der Waals surface area contributed by atoms with Gasteiger partial charge in [-0.3, -0.25) is 0 Å². The molecule has 2 aliphatic rings. The largest absolute Gasteiger partial charge is 0.496 e. The van der Waals surface area contributed by atoms with Gasteiger partial charge in [0.1, 0.15) is 5.75 Å². The second-order valence-electron chi connectivity index (χ2n) is 7.17. The molecule has 0 N–H and O–H groups in total. The van der Waals surface area contributed by atoms with Crippen molar-refractivity contribution in [1.29, 1.82) is 5.26 Å². The van der Waals surface area contributed by atoms with E-state index in [0.29, 0.717) is 5.41 Å². The van der Waals surface area contributed by atoms with Crippen LogP contribution in [0.4, 0.5) is 0 Å². The predicted octanol–water partition coefficient (Wildman–Crippen LogP) is 4.90. The van der Waals surface area contributed by atoms with E-state index in [1.54, 1.807) is 7.11 Å². The van der Waals surface area contributed by atoms with E-state index in [1.165, 1.54) is 44.1 Å². The van der Waals surface area contributed by atoms with Gasteiger partial charge in [0.05, 0.1) is 18.6 Å². The Morgan fingerprint density at radius 2 is 1.76 bits per heavy atom. The summed E-state index contributed by atoms with van der Waals surface area (Å²) < 4.78 is 5.53. The van der Waals surface area contributed by atoms with Crippen LogP contribution in [0.3, 0.4) is 0 Å². The first-order valence-corrected chi connectivity index (χ1v) is 8.20. The van der Waals surface area contributed by atoms with Crippen LogP contribution < -0.4 is 4.74 Å². The van der Waals surface area contributed by atoms with Crippen molar-refractivity contribution in [3.05, 3.63) is 29.3 Å². The number of nitriles is 1. The molecule has 2 aliphatic carbocycles. The summed E-state index contributed by atoms with van der Waals surface area (Å²) in [5.41, 5.74) is 2.44. The molecule has 1 spiro atoms. The molecule has 1 aromatic rings. The summed E-state index contributed by atoms with van der Waals surface area (Å²) in [5, 5.41) is 9.88. The van der Waals surface area contributed by atoms with Crippen LogP contribution >= 0.6 is 0 Å². The molecule has 2 saturated carbocycles. The molecule has 112 valence electrons. The third-order valence-electron chi connectivity index (χ3n) is 5.60. The summed E-state index contributed by atoms with van der Waals surface area (Å²) in [5.74, 6) is 0.880. The third-order valence-corrected chi connectivity index (χ3v) is 5.60. The van der Waals surface area contributed by atoms with Crippen molar-refractivity contribution >= 4 is 0 Å². The molecule has 21 heavy (non-hydrogen) atoms. The zero-order chi connectivity index (χ0) is 14.9. The first-order valence-electron chi connectivity index (χ1n) is 8.20. The van der Waals surface area contributed by atoms with Crippen LogP contribution in [-0.2, 0) is 5.41 Å². The van der Waals surface area contributed by atoms with Gasteiger partial charge in [0.15, 0.2) is 0 Å². The Kier molecular flexibility index (Phi) is 3.69. The third kappa shape index (κ3) is 2.44. The maximum Gasteiger partial charge on any atom is 0.123 e. The fourth-order valence-electron chi connectivity index (χ4n) is 4.59. The number of nitrogens with zero attached hydrogens (tertiary/aromatic N) is 1. The molecule has 0 amide bonds. The highest BCUT2D eigenvalue weighted by atomic mass is 16.5. The molecule has 0 saturated heterocycles. The van der Waals surface area contributed by atoms with Gasteiger partial charge in [-0.05, 0) is 44.1 Å². The topological polar surface area (TPSA) is 33.0 Å². The van der Waals surface area contributed by atoms with E-state index in [4.69, 9.17) is 4.74 Å². The lowest BCUT2D eigenvalue weighted by atomic mass is 9.48. The van der Waals surface area contributed by atoms with Crippen LogP contribution in [0.25, 0.3) is 0 Å². The van der Waals surface area contributed by atoms with Crippen molar-refractivity contribution in [2.75, 3.05) is 7.11 Å². The first kappa shape index (κ1) is 14.4. The molecule has 0 bridgehead atoms. The van der Waals surface area contributed by atoms with Gasteiger partial charge in [0.2, 0.25) is 0 Å². The van der Waals surface area contributed by atoms with Crippen LogP contribution in [0.2, 0.25) is 0 Å². The summed E-state index contributed by atoms with van der Waals surface area (Å²) in [6, 6.07) is 8.88. The van der Waals surface area contributed by atoms with Crippen LogP contribution in [0, 0.1) is 23.7 Å². The number of rotatable bonds is 2. The standard InChI is InChI=1S/C19H25NO/c1-15-7-8-17(21-2)16(11-15)19(14-20)12-18(13-19)9-5-3-4-6-10-18/h7-8,11H,3-6,9-10,12-13H2,1-2H3. The lowest BCUT2D eigenvalue weighted by molar-refractivity contribution is 0.0385. The van der Waals surface area contributed by atoms with Gasteiger partial charge in [0, 0.05) is 5.56 Å². The van der Waals surface area contributed by atoms with E-state index < -0.39 is 0 Å². The summed E-state index contributed by atoms with van der Waals surface area (Å²) in [6.45, 7) is 2.09. The minimum Gasteiger partial charge on any atom is -0.496 e. The molecule has 3 rings (SSSR count). The molecular weight excluding hydrogens is 258 g/mol. The van der Waals surface area contributed by atoms with E-state index >= 15 is 0 Å². The molecule has 2 fully saturated rings. The Bertz CT molecular complexity index is 553. The minimum atomic E-state index is -0.318. The molecule has 2 nitrogen and oxygen atoms in total. The Labute approximate surface area is 128 Å². The number of aryl methyl sites for hydroxylation is 1. The van der Waals surface area contributed by atoms with Crippen molar-refractivity contribution in [2.45, 2.75) is 63.7 Å². The van der Waals surface area contributed by atoms with Gasteiger partial charge in [-0.2, -0.15) is 5.26 Å². The molecule has 0 aromatic heterocycles.